The van der Waals surface area contributed by atoms with Crippen LogP contribution in [-0.4, -0.2) is 22.2 Å². The Balaban J connectivity index is 1.69. The van der Waals surface area contributed by atoms with Crippen molar-refractivity contribution in [2.75, 3.05) is 6.61 Å². The summed E-state index contributed by atoms with van der Waals surface area (Å²) >= 11 is 0.625. The molecule has 3 N–H and O–H groups in total. The Hall–Kier alpha value is -2.68. The van der Waals surface area contributed by atoms with Crippen molar-refractivity contribution in [1.82, 2.24) is 4.98 Å². The quantitative estimate of drug-likeness (QED) is 0.388. The fourth-order valence-electron chi connectivity index (χ4n) is 3.28. The number of aryl methyl sites for hydroxylation is 1. The van der Waals surface area contributed by atoms with Gasteiger partial charge in [0.05, 0.1) is 11.5 Å². The van der Waals surface area contributed by atoms with Crippen molar-refractivity contribution in [2.24, 2.45) is 5.73 Å². The molecular formula is C23H21F3N2O2S. The highest BCUT2D eigenvalue weighted by atomic mass is 32.1. The Morgan fingerprint density at radius 2 is 1.84 bits per heavy atom. The summed E-state index contributed by atoms with van der Waals surface area (Å²) in [5, 5.41) is 9.31. The summed E-state index contributed by atoms with van der Waals surface area (Å²) in [4.78, 5) is 4.07. The monoisotopic (exact) mass is 446 g/mol. The summed E-state index contributed by atoms with van der Waals surface area (Å²) in [6.45, 7) is 1.66. The van der Waals surface area contributed by atoms with Crippen molar-refractivity contribution >= 4 is 22.4 Å². The van der Waals surface area contributed by atoms with Crippen LogP contribution in [0.3, 0.4) is 0 Å². The maximum absolute atomic E-state index is 13.7. The summed E-state index contributed by atoms with van der Waals surface area (Å²) in [5.41, 5.74) is 7.94. The molecule has 0 spiro atoms. The number of nitrogens with zero attached hydrogens (tertiary/aromatic N) is 1. The Kier molecular flexibility index (Phi) is 5.63. The van der Waals surface area contributed by atoms with Crippen molar-refractivity contribution in [3.8, 4) is 21.9 Å². The van der Waals surface area contributed by atoms with Gasteiger partial charge >= 0.3 is 6.18 Å². The lowest BCUT2D eigenvalue weighted by Gasteiger charge is -2.21. The average Bonchev–Trinajstić information content (AvgIpc) is 3.37. The van der Waals surface area contributed by atoms with E-state index in [2.05, 4.69) is 4.98 Å². The normalized spacial score (nSPS) is 14.1. The maximum Gasteiger partial charge on any atom is 0.426 e. The predicted octanol–water partition coefficient (Wildman–Crippen LogP) is 5.88. The number of fused-ring (bicyclic) bond motifs is 1. The molecule has 162 valence electrons. The molecule has 0 aliphatic rings. The van der Waals surface area contributed by atoms with Crippen LogP contribution in [0.1, 0.15) is 23.8 Å². The molecule has 4 nitrogen and oxygen atoms in total. The van der Waals surface area contributed by atoms with Crippen molar-refractivity contribution in [1.29, 1.82) is 0 Å². The van der Waals surface area contributed by atoms with Gasteiger partial charge in [-0.15, -0.1) is 11.3 Å². The van der Waals surface area contributed by atoms with Crippen LogP contribution in [0.4, 0.5) is 13.2 Å². The van der Waals surface area contributed by atoms with E-state index in [1.165, 1.54) is 6.07 Å². The lowest BCUT2D eigenvalue weighted by Crippen LogP contribution is -2.40. The number of thiophene rings is 1. The van der Waals surface area contributed by atoms with Gasteiger partial charge in [-0.25, -0.2) is 4.98 Å². The molecule has 0 bridgehead atoms. The third-order valence-electron chi connectivity index (χ3n) is 5.08. The molecule has 2 heterocycles. The Bertz CT molecular complexity index is 1200. The molecule has 2 aromatic heterocycles. The highest BCUT2D eigenvalue weighted by Crippen LogP contribution is 2.45. The molecule has 4 aromatic rings. The number of rotatable bonds is 6. The van der Waals surface area contributed by atoms with E-state index in [0.717, 1.165) is 5.56 Å². The molecule has 1 atom stereocenters. The van der Waals surface area contributed by atoms with Gasteiger partial charge in [-0.05, 0) is 49.1 Å². The lowest BCUT2D eigenvalue weighted by molar-refractivity contribution is -0.133. The zero-order chi connectivity index (χ0) is 22.2. The van der Waals surface area contributed by atoms with E-state index < -0.39 is 16.6 Å². The predicted molar refractivity (Wildman–Crippen MR) is 116 cm³/mol. The van der Waals surface area contributed by atoms with Crippen LogP contribution in [-0.2, 0) is 12.6 Å². The summed E-state index contributed by atoms with van der Waals surface area (Å²) in [5.74, 6) is 0.156. The van der Waals surface area contributed by atoms with Crippen molar-refractivity contribution in [3.63, 3.8) is 0 Å². The molecule has 0 radical (unpaired) electrons. The van der Waals surface area contributed by atoms with Crippen molar-refractivity contribution in [3.05, 3.63) is 65.0 Å². The minimum absolute atomic E-state index is 0.113. The third kappa shape index (κ3) is 4.66. The maximum atomic E-state index is 13.7. The second-order valence-corrected chi connectivity index (χ2v) is 8.90. The highest BCUT2D eigenvalue weighted by Gasteiger charge is 2.37. The van der Waals surface area contributed by atoms with Crippen molar-refractivity contribution < 1.29 is 22.7 Å². The van der Waals surface area contributed by atoms with Gasteiger partial charge in [0.25, 0.3) is 0 Å². The highest BCUT2D eigenvalue weighted by molar-refractivity contribution is 7.16. The molecule has 0 unspecified atom stereocenters. The molecule has 8 heteroatoms. The van der Waals surface area contributed by atoms with E-state index in [0.29, 0.717) is 45.7 Å². The van der Waals surface area contributed by atoms with Gasteiger partial charge in [0.1, 0.15) is 10.4 Å². The number of aliphatic hydroxyl groups is 1. The molecule has 0 saturated carbocycles. The van der Waals surface area contributed by atoms with Crippen LogP contribution < -0.4 is 5.73 Å². The van der Waals surface area contributed by atoms with Crippen LogP contribution in [0.25, 0.3) is 33.0 Å². The molecule has 0 aliphatic heterocycles. The summed E-state index contributed by atoms with van der Waals surface area (Å²) in [7, 11) is 0. The number of nitrogens with two attached hydrogens (primary N) is 1. The van der Waals surface area contributed by atoms with Gasteiger partial charge in [-0.3, -0.25) is 0 Å². The summed E-state index contributed by atoms with van der Waals surface area (Å²) < 4.78 is 46.7. The molecule has 0 fully saturated rings. The minimum Gasteiger partial charge on any atom is -0.435 e. The number of halogens is 3. The molecule has 0 amide bonds. The Labute approximate surface area is 181 Å². The smallest absolute Gasteiger partial charge is 0.426 e. The van der Waals surface area contributed by atoms with Gasteiger partial charge in [-0.2, -0.15) is 13.2 Å². The molecule has 0 saturated heterocycles. The molecule has 4 rings (SSSR count). The Morgan fingerprint density at radius 3 is 2.52 bits per heavy atom. The van der Waals surface area contributed by atoms with Gasteiger partial charge in [0, 0.05) is 11.1 Å². The largest absolute Gasteiger partial charge is 0.435 e. The molecular weight excluding hydrogens is 425 g/mol. The van der Waals surface area contributed by atoms with Crippen LogP contribution in [0.5, 0.6) is 0 Å². The van der Waals surface area contributed by atoms with E-state index >= 15 is 0 Å². The van der Waals surface area contributed by atoms with Crippen LogP contribution in [0.2, 0.25) is 0 Å². The first-order valence-corrected chi connectivity index (χ1v) is 10.5. The van der Waals surface area contributed by atoms with Crippen LogP contribution >= 0.6 is 11.3 Å². The Morgan fingerprint density at radius 1 is 1.10 bits per heavy atom. The van der Waals surface area contributed by atoms with Crippen LogP contribution in [0, 0.1) is 0 Å². The molecule has 31 heavy (non-hydrogen) atoms. The lowest BCUT2D eigenvalue weighted by atomic mass is 9.95. The number of hydrogen-bond acceptors (Lipinski definition) is 5. The number of aliphatic hydroxyl groups excluding tert-OH is 1. The van der Waals surface area contributed by atoms with E-state index in [1.807, 2.05) is 12.1 Å². The number of aromatic nitrogens is 1. The van der Waals surface area contributed by atoms with Gasteiger partial charge in [-0.1, -0.05) is 36.4 Å². The standard InChI is InChI=1S/C23H21F3N2O2S/c1-22(27,13-29)10-9-14-7-8-18-17(11-14)28-21(30-18)19-12-16(15-5-3-2-4-6-15)20(31-19)23(24,25)26/h2-8,11-12,29H,9-10,13,27H2,1H3/t22-/m1/s1. The first kappa shape index (κ1) is 21.5. The first-order valence-electron chi connectivity index (χ1n) is 9.72. The minimum atomic E-state index is -4.48. The van der Waals surface area contributed by atoms with E-state index in [9.17, 15) is 18.3 Å². The zero-order valence-corrected chi connectivity index (χ0v) is 17.6. The molecule has 2 aromatic carbocycles. The average molecular weight is 446 g/mol. The van der Waals surface area contributed by atoms with Gasteiger partial charge in [0.2, 0.25) is 5.89 Å². The number of alkyl halides is 3. The fraction of sp³-hybridized carbons (Fsp3) is 0.261. The van der Waals surface area contributed by atoms with E-state index in [1.54, 1.807) is 43.3 Å². The van der Waals surface area contributed by atoms with E-state index in [-0.39, 0.29) is 18.1 Å². The van der Waals surface area contributed by atoms with Crippen molar-refractivity contribution in [2.45, 2.75) is 31.5 Å². The topological polar surface area (TPSA) is 72.3 Å². The number of oxazole rings is 1. The second kappa shape index (κ2) is 8.11. The fourth-order valence-corrected chi connectivity index (χ4v) is 4.26. The first-order chi connectivity index (χ1) is 14.7. The van der Waals surface area contributed by atoms with Gasteiger partial charge in [0.15, 0.2) is 5.58 Å². The summed E-state index contributed by atoms with van der Waals surface area (Å²) in [6, 6.07) is 15.4. The molecule has 0 aliphatic carbocycles. The SMILES string of the molecule is C[C@](N)(CO)CCc1ccc2oc(-c3cc(-c4ccccc4)c(C(F)(F)F)s3)nc2c1. The zero-order valence-electron chi connectivity index (χ0n) is 16.7. The number of hydrogen-bond donors (Lipinski definition) is 2. The summed E-state index contributed by atoms with van der Waals surface area (Å²) in [6.07, 6.45) is -3.25. The van der Waals surface area contributed by atoms with Crippen LogP contribution in [0.15, 0.2) is 59.0 Å². The second-order valence-electron chi connectivity index (χ2n) is 7.85. The van der Waals surface area contributed by atoms with E-state index in [4.69, 9.17) is 10.2 Å². The van der Waals surface area contributed by atoms with Gasteiger partial charge < -0.3 is 15.3 Å². The third-order valence-corrected chi connectivity index (χ3v) is 6.25. The number of benzene rings is 2.